The summed E-state index contributed by atoms with van der Waals surface area (Å²) in [6, 6.07) is 17.6. The van der Waals surface area contributed by atoms with E-state index in [0.29, 0.717) is 11.1 Å². The van der Waals surface area contributed by atoms with Gasteiger partial charge in [0.25, 0.3) is 0 Å². The second kappa shape index (κ2) is 5.25. The van der Waals surface area contributed by atoms with Crippen LogP contribution >= 0.6 is 0 Å². The quantitative estimate of drug-likeness (QED) is 0.736. The molecule has 0 bridgehead atoms. The van der Waals surface area contributed by atoms with Gasteiger partial charge in [0.05, 0.1) is 6.42 Å². The Morgan fingerprint density at radius 3 is 1.44 bits per heavy atom. The Hall–Kier alpha value is -1.77. The molecule has 2 aromatic rings. The first-order valence-electron chi connectivity index (χ1n) is 5.73. The molecule has 0 atom stereocenters. The van der Waals surface area contributed by atoms with Crippen LogP contribution in [0.25, 0.3) is 0 Å². The highest BCUT2D eigenvalue weighted by Gasteiger charge is 2.33. The summed E-state index contributed by atoms with van der Waals surface area (Å²) in [4.78, 5) is 0. The Morgan fingerprint density at radius 2 is 1.11 bits per heavy atom. The second-order valence-electron chi connectivity index (χ2n) is 4.19. The van der Waals surface area contributed by atoms with E-state index >= 15 is 0 Å². The van der Waals surface area contributed by atoms with Gasteiger partial charge >= 0.3 is 6.18 Å². The van der Waals surface area contributed by atoms with E-state index in [1.807, 2.05) is 0 Å². The predicted molar refractivity (Wildman–Crippen MR) is 65.4 cm³/mol. The van der Waals surface area contributed by atoms with Crippen LogP contribution in [-0.2, 0) is 0 Å². The summed E-state index contributed by atoms with van der Waals surface area (Å²) in [5.41, 5.74) is 1.39. The molecule has 0 aliphatic rings. The van der Waals surface area contributed by atoms with E-state index in [-0.39, 0.29) is 0 Å². The first kappa shape index (κ1) is 12.7. The number of hydrogen-bond acceptors (Lipinski definition) is 0. The normalized spacial score (nSPS) is 11.8. The van der Waals surface area contributed by atoms with Crippen LogP contribution in [0.1, 0.15) is 23.5 Å². The molecule has 3 heteroatoms. The summed E-state index contributed by atoms with van der Waals surface area (Å²) in [5, 5.41) is 0. The maximum absolute atomic E-state index is 12.7. The molecule has 94 valence electrons. The zero-order valence-electron chi connectivity index (χ0n) is 9.69. The minimum Gasteiger partial charge on any atom is -0.171 e. The molecule has 0 nitrogen and oxygen atoms in total. The topological polar surface area (TPSA) is 0 Å². The van der Waals surface area contributed by atoms with Crippen LogP contribution < -0.4 is 0 Å². The smallest absolute Gasteiger partial charge is 0.171 e. The summed E-state index contributed by atoms with van der Waals surface area (Å²) in [6.45, 7) is 0. The van der Waals surface area contributed by atoms with E-state index in [4.69, 9.17) is 0 Å². The van der Waals surface area contributed by atoms with Gasteiger partial charge in [-0.3, -0.25) is 0 Å². The molecular formula is C15H13F3. The Morgan fingerprint density at radius 1 is 0.722 bits per heavy atom. The molecule has 0 radical (unpaired) electrons. The monoisotopic (exact) mass is 250 g/mol. The first-order chi connectivity index (χ1) is 8.56. The van der Waals surface area contributed by atoms with Gasteiger partial charge in [0, 0.05) is 5.92 Å². The average Bonchev–Trinajstić information content (AvgIpc) is 2.37. The molecule has 0 heterocycles. The lowest BCUT2D eigenvalue weighted by molar-refractivity contribution is -0.136. The highest BCUT2D eigenvalue weighted by molar-refractivity contribution is 5.32. The first-order valence-corrected chi connectivity index (χ1v) is 5.73. The number of rotatable bonds is 3. The highest BCUT2D eigenvalue weighted by atomic mass is 19.4. The molecular weight excluding hydrogens is 237 g/mol. The summed E-state index contributed by atoms with van der Waals surface area (Å²) < 4.78 is 38.0. The van der Waals surface area contributed by atoms with Gasteiger partial charge in [-0.2, -0.15) is 13.2 Å². The van der Waals surface area contributed by atoms with Crippen LogP contribution in [0, 0.1) is 0 Å². The number of alkyl halides is 3. The van der Waals surface area contributed by atoms with Crippen molar-refractivity contribution in [2.24, 2.45) is 0 Å². The highest BCUT2D eigenvalue weighted by Crippen LogP contribution is 2.35. The van der Waals surface area contributed by atoms with Crippen LogP contribution in [0.15, 0.2) is 60.7 Å². The van der Waals surface area contributed by atoms with E-state index in [9.17, 15) is 13.2 Å². The van der Waals surface area contributed by atoms with Crippen molar-refractivity contribution in [2.45, 2.75) is 18.5 Å². The van der Waals surface area contributed by atoms with Gasteiger partial charge in [0.1, 0.15) is 0 Å². The summed E-state index contributed by atoms with van der Waals surface area (Å²) in [7, 11) is 0. The van der Waals surface area contributed by atoms with Crippen molar-refractivity contribution < 1.29 is 13.2 Å². The maximum atomic E-state index is 12.7. The average molecular weight is 250 g/mol. The zero-order valence-corrected chi connectivity index (χ0v) is 9.69. The molecule has 0 aromatic heterocycles. The van der Waals surface area contributed by atoms with Gasteiger partial charge in [0.2, 0.25) is 0 Å². The molecule has 0 aliphatic heterocycles. The summed E-state index contributed by atoms with van der Waals surface area (Å²) >= 11 is 0. The summed E-state index contributed by atoms with van der Waals surface area (Å²) in [5.74, 6) is -0.632. The molecule has 0 saturated carbocycles. The number of halogens is 3. The van der Waals surface area contributed by atoms with Crippen molar-refractivity contribution in [2.75, 3.05) is 0 Å². The standard InChI is InChI=1S/C15H13F3/c16-15(17,18)11-14(12-7-3-1-4-8-12)13-9-5-2-6-10-13/h1-10,14H,11H2. The lowest BCUT2D eigenvalue weighted by Crippen LogP contribution is -2.14. The third-order valence-electron chi connectivity index (χ3n) is 2.84. The Balaban J connectivity index is 2.36. The predicted octanol–water partition coefficient (Wildman–Crippen LogP) is 4.77. The molecule has 0 unspecified atom stereocenters. The van der Waals surface area contributed by atoms with Crippen molar-refractivity contribution in [3.63, 3.8) is 0 Å². The van der Waals surface area contributed by atoms with E-state index in [2.05, 4.69) is 0 Å². The summed E-state index contributed by atoms with van der Waals surface area (Å²) in [6.07, 6.45) is -5.00. The zero-order chi connectivity index (χ0) is 13.0. The fourth-order valence-corrected chi connectivity index (χ4v) is 2.03. The third-order valence-corrected chi connectivity index (χ3v) is 2.84. The fraction of sp³-hybridized carbons (Fsp3) is 0.200. The Kier molecular flexibility index (Phi) is 3.70. The van der Waals surface area contributed by atoms with Gasteiger partial charge in [-0.05, 0) is 11.1 Å². The van der Waals surface area contributed by atoms with E-state index < -0.39 is 18.5 Å². The number of benzene rings is 2. The van der Waals surface area contributed by atoms with Gasteiger partial charge in [0.15, 0.2) is 0 Å². The minimum absolute atomic E-state index is 0.632. The van der Waals surface area contributed by atoms with Gasteiger partial charge in [-0.25, -0.2) is 0 Å². The van der Waals surface area contributed by atoms with Gasteiger partial charge in [-0.1, -0.05) is 60.7 Å². The van der Waals surface area contributed by atoms with Crippen molar-refractivity contribution in [1.29, 1.82) is 0 Å². The van der Waals surface area contributed by atoms with Crippen molar-refractivity contribution in [1.82, 2.24) is 0 Å². The van der Waals surface area contributed by atoms with E-state index in [1.54, 1.807) is 60.7 Å². The molecule has 0 amide bonds. The van der Waals surface area contributed by atoms with Gasteiger partial charge in [-0.15, -0.1) is 0 Å². The molecule has 0 spiro atoms. The van der Waals surface area contributed by atoms with Crippen molar-refractivity contribution in [3.05, 3.63) is 71.8 Å². The molecule has 2 rings (SSSR count). The van der Waals surface area contributed by atoms with Crippen molar-refractivity contribution >= 4 is 0 Å². The molecule has 0 aliphatic carbocycles. The lowest BCUT2D eigenvalue weighted by Gasteiger charge is -2.19. The van der Waals surface area contributed by atoms with Crippen LogP contribution in [-0.4, -0.2) is 6.18 Å². The van der Waals surface area contributed by atoms with Crippen LogP contribution in [0.5, 0.6) is 0 Å². The third kappa shape index (κ3) is 3.36. The number of hydrogen-bond donors (Lipinski definition) is 0. The molecule has 2 aromatic carbocycles. The van der Waals surface area contributed by atoms with Crippen LogP contribution in [0.3, 0.4) is 0 Å². The maximum Gasteiger partial charge on any atom is 0.390 e. The lowest BCUT2D eigenvalue weighted by atomic mass is 9.88. The molecule has 18 heavy (non-hydrogen) atoms. The Bertz CT molecular complexity index is 435. The van der Waals surface area contributed by atoms with Crippen LogP contribution in [0.4, 0.5) is 13.2 Å². The van der Waals surface area contributed by atoms with E-state index in [0.717, 1.165) is 0 Å². The fourth-order valence-electron chi connectivity index (χ4n) is 2.03. The largest absolute Gasteiger partial charge is 0.390 e. The van der Waals surface area contributed by atoms with Gasteiger partial charge < -0.3 is 0 Å². The second-order valence-corrected chi connectivity index (χ2v) is 4.19. The molecule has 0 saturated heterocycles. The molecule has 0 N–H and O–H groups in total. The van der Waals surface area contributed by atoms with Crippen molar-refractivity contribution in [3.8, 4) is 0 Å². The Labute approximate surface area is 104 Å². The minimum atomic E-state index is -4.17. The molecule has 0 fully saturated rings. The SMILES string of the molecule is FC(F)(F)CC(c1ccccc1)c1ccccc1. The van der Waals surface area contributed by atoms with Crippen LogP contribution in [0.2, 0.25) is 0 Å². The van der Waals surface area contributed by atoms with E-state index in [1.165, 1.54) is 0 Å².